The van der Waals surface area contributed by atoms with E-state index in [1.807, 2.05) is 29.7 Å². The summed E-state index contributed by atoms with van der Waals surface area (Å²) in [5.41, 5.74) is 2.80. The number of nitrogens with one attached hydrogen (secondary N) is 1. The molecule has 3 rings (SSSR count). The summed E-state index contributed by atoms with van der Waals surface area (Å²) in [4.78, 5) is 13.6. The summed E-state index contributed by atoms with van der Waals surface area (Å²) in [6.45, 7) is 8.37. The van der Waals surface area contributed by atoms with Crippen molar-refractivity contribution in [3.63, 3.8) is 0 Å². The first-order chi connectivity index (χ1) is 14.5. The van der Waals surface area contributed by atoms with E-state index >= 15 is 0 Å². The van der Waals surface area contributed by atoms with Crippen molar-refractivity contribution in [3.8, 4) is 0 Å². The molecule has 0 bridgehead atoms. The highest BCUT2D eigenvalue weighted by atomic mass is 35.5. The number of rotatable bonds is 9. The van der Waals surface area contributed by atoms with Crippen LogP contribution < -0.4 is 5.32 Å². The molecule has 3 aromatic rings. The Morgan fingerprint density at radius 1 is 1.17 bits per heavy atom. The quantitative estimate of drug-likeness (QED) is 0.326. The topological polar surface area (TPSA) is 59.8 Å². The number of amides is 1. The number of carbonyl (C=O) groups excluding carboxylic acids is 1. The molecule has 30 heavy (non-hydrogen) atoms. The Bertz CT molecular complexity index is 1030. The fourth-order valence-electron chi connectivity index (χ4n) is 2.69. The van der Waals surface area contributed by atoms with Crippen LogP contribution in [0.4, 0.5) is 5.69 Å². The fraction of sp³-hybridized carbons (Fsp3) is 0.227. The van der Waals surface area contributed by atoms with Gasteiger partial charge in [-0.1, -0.05) is 53.2 Å². The van der Waals surface area contributed by atoms with Gasteiger partial charge in [-0.25, -0.2) is 0 Å². The first-order valence-corrected chi connectivity index (χ1v) is 11.7. The molecule has 156 valence electrons. The van der Waals surface area contributed by atoms with Gasteiger partial charge >= 0.3 is 0 Å². The molecule has 0 saturated carbocycles. The molecule has 0 radical (unpaired) electrons. The number of aryl methyl sites for hydroxylation is 1. The third-order valence-electron chi connectivity index (χ3n) is 4.37. The van der Waals surface area contributed by atoms with E-state index in [2.05, 4.69) is 53.3 Å². The number of hydrogen-bond acceptors (Lipinski definition) is 5. The maximum absolute atomic E-state index is 12.4. The van der Waals surface area contributed by atoms with Crippen LogP contribution in [-0.2, 0) is 17.1 Å². The Balaban J connectivity index is 1.62. The molecular formula is C22H23ClN4OS2. The van der Waals surface area contributed by atoms with Gasteiger partial charge in [0.2, 0.25) is 5.91 Å². The lowest BCUT2D eigenvalue weighted by Crippen LogP contribution is -2.15. The molecule has 0 saturated heterocycles. The number of benzene rings is 2. The molecule has 2 aromatic carbocycles. The van der Waals surface area contributed by atoms with Crippen LogP contribution in [0.25, 0.3) is 0 Å². The van der Waals surface area contributed by atoms with Crippen molar-refractivity contribution in [2.24, 2.45) is 0 Å². The maximum atomic E-state index is 12.4. The Morgan fingerprint density at radius 3 is 2.67 bits per heavy atom. The average molecular weight is 459 g/mol. The van der Waals surface area contributed by atoms with E-state index in [0.717, 1.165) is 17.1 Å². The predicted molar refractivity (Wildman–Crippen MR) is 127 cm³/mol. The maximum Gasteiger partial charge on any atom is 0.234 e. The van der Waals surface area contributed by atoms with Crippen molar-refractivity contribution < 1.29 is 4.79 Å². The van der Waals surface area contributed by atoms with E-state index in [1.54, 1.807) is 17.8 Å². The van der Waals surface area contributed by atoms with Crippen molar-refractivity contribution in [1.82, 2.24) is 14.8 Å². The van der Waals surface area contributed by atoms with Crippen LogP contribution in [0.5, 0.6) is 0 Å². The smallest absolute Gasteiger partial charge is 0.234 e. The zero-order chi connectivity index (χ0) is 21.5. The van der Waals surface area contributed by atoms with Gasteiger partial charge in [-0.2, -0.15) is 0 Å². The summed E-state index contributed by atoms with van der Waals surface area (Å²) in [6.07, 6.45) is 1.81. The Hall–Kier alpha value is -2.22. The van der Waals surface area contributed by atoms with Gasteiger partial charge in [-0.15, -0.1) is 28.5 Å². The molecule has 1 amide bonds. The van der Waals surface area contributed by atoms with Gasteiger partial charge in [-0.05, 0) is 43.7 Å². The first-order valence-electron chi connectivity index (χ1n) is 9.38. The summed E-state index contributed by atoms with van der Waals surface area (Å²) in [5, 5.41) is 12.8. The number of anilines is 1. The van der Waals surface area contributed by atoms with E-state index in [1.165, 1.54) is 22.2 Å². The van der Waals surface area contributed by atoms with Crippen LogP contribution in [0.2, 0.25) is 5.02 Å². The third kappa shape index (κ3) is 5.90. The van der Waals surface area contributed by atoms with Gasteiger partial charge in [0.25, 0.3) is 0 Å². The summed E-state index contributed by atoms with van der Waals surface area (Å²) in [5.74, 6) is 1.66. The Morgan fingerprint density at radius 2 is 1.93 bits per heavy atom. The lowest BCUT2D eigenvalue weighted by molar-refractivity contribution is -0.113. The normalized spacial score (nSPS) is 10.8. The van der Waals surface area contributed by atoms with Crippen LogP contribution in [0.15, 0.2) is 65.2 Å². The van der Waals surface area contributed by atoms with Crippen molar-refractivity contribution in [1.29, 1.82) is 0 Å². The fourth-order valence-corrected chi connectivity index (χ4v) is 4.47. The van der Waals surface area contributed by atoms with E-state index in [9.17, 15) is 4.79 Å². The number of hydrogen-bond donors (Lipinski definition) is 1. The number of halogens is 1. The largest absolute Gasteiger partial charge is 0.325 e. The summed E-state index contributed by atoms with van der Waals surface area (Å²) >= 11 is 9.18. The number of aromatic nitrogens is 3. The summed E-state index contributed by atoms with van der Waals surface area (Å²) in [7, 11) is 0. The molecule has 0 spiro atoms. The molecule has 0 atom stereocenters. The van der Waals surface area contributed by atoms with Crippen molar-refractivity contribution in [2.45, 2.75) is 36.2 Å². The lowest BCUT2D eigenvalue weighted by atomic mass is 10.2. The highest BCUT2D eigenvalue weighted by Gasteiger charge is 2.14. The van der Waals surface area contributed by atoms with Crippen LogP contribution >= 0.6 is 35.1 Å². The van der Waals surface area contributed by atoms with Crippen molar-refractivity contribution in [3.05, 3.63) is 77.1 Å². The van der Waals surface area contributed by atoms with Crippen molar-refractivity contribution >= 4 is 46.7 Å². The second-order valence-electron chi connectivity index (χ2n) is 6.65. The Labute approximate surface area is 190 Å². The minimum absolute atomic E-state index is 0.117. The first kappa shape index (κ1) is 22.5. The molecular weight excluding hydrogens is 436 g/mol. The third-order valence-corrected chi connectivity index (χ3v) is 6.75. The van der Waals surface area contributed by atoms with Gasteiger partial charge in [0.15, 0.2) is 5.16 Å². The molecule has 1 aromatic heterocycles. The highest BCUT2D eigenvalue weighted by molar-refractivity contribution is 7.99. The molecule has 0 unspecified atom stereocenters. The van der Waals surface area contributed by atoms with Gasteiger partial charge in [0.1, 0.15) is 5.82 Å². The zero-order valence-electron chi connectivity index (χ0n) is 16.9. The van der Waals surface area contributed by atoms with Crippen molar-refractivity contribution in [2.75, 3.05) is 11.1 Å². The van der Waals surface area contributed by atoms with Gasteiger partial charge in [0, 0.05) is 22.2 Å². The van der Waals surface area contributed by atoms with Crippen LogP contribution in [0, 0.1) is 13.8 Å². The molecule has 0 aliphatic carbocycles. The summed E-state index contributed by atoms with van der Waals surface area (Å²) in [6, 6.07) is 13.9. The summed E-state index contributed by atoms with van der Waals surface area (Å²) < 4.78 is 2.00. The van der Waals surface area contributed by atoms with Crippen LogP contribution in [0.1, 0.15) is 17.0 Å². The minimum atomic E-state index is -0.117. The van der Waals surface area contributed by atoms with Crippen LogP contribution in [0.3, 0.4) is 0 Å². The number of nitrogens with zero attached hydrogens (tertiary/aromatic N) is 3. The predicted octanol–water partition coefficient (Wildman–Crippen LogP) is 5.76. The molecule has 1 heterocycles. The second kappa shape index (κ2) is 10.7. The van der Waals surface area contributed by atoms with E-state index in [4.69, 9.17) is 11.6 Å². The van der Waals surface area contributed by atoms with E-state index in [0.29, 0.717) is 22.5 Å². The lowest BCUT2D eigenvalue weighted by Gasteiger charge is -2.10. The number of thioether (sulfide) groups is 2. The molecule has 0 fully saturated rings. The van der Waals surface area contributed by atoms with Gasteiger partial charge in [0.05, 0.1) is 11.5 Å². The molecule has 1 N–H and O–H groups in total. The SMILES string of the molecule is C=CCn1c(CSc2ccc(C)cc2)nnc1SCC(=O)Nc1cccc(Cl)c1C. The van der Waals surface area contributed by atoms with Gasteiger partial charge < -0.3 is 9.88 Å². The molecule has 8 heteroatoms. The average Bonchev–Trinajstić information content (AvgIpc) is 3.11. The molecule has 0 aliphatic heterocycles. The van der Waals surface area contributed by atoms with Gasteiger partial charge in [-0.3, -0.25) is 4.79 Å². The Kier molecular flexibility index (Phi) is 8.01. The van der Waals surface area contributed by atoms with Crippen LogP contribution in [-0.4, -0.2) is 26.4 Å². The van der Waals surface area contributed by atoms with E-state index in [-0.39, 0.29) is 11.7 Å². The molecule has 0 aliphatic rings. The number of allylic oxidation sites excluding steroid dienone is 1. The number of carbonyl (C=O) groups is 1. The highest BCUT2D eigenvalue weighted by Crippen LogP contribution is 2.26. The minimum Gasteiger partial charge on any atom is -0.325 e. The molecule has 5 nitrogen and oxygen atoms in total. The monoisotopic (exact) mass is 458 g/mol. The van der Waals surface area contributed by atoms with E-state index < -0.39 is 0 Å². The zero-order valence-corrected chi connectivity index (χ0v) is 19.3. The standard InChI is InChI=1S/C22H23ClN4OS2/c1-4-12-27-20(13-29-17-10-8-15(2)9-11-17)25-26-22(27)30-14-21(28)24-19-7-5-6-18(23)16(19)3/h4-11H,1,12-14H2,2-3H3,(H,24,28). The second-order valence-corrected chi connectivity index (χ2v) is 9.05.